The van der Waals surface area contributed by atoms with Crippen molar-refractivity contribution in [3.63, 3.8) is 0 Å². The molecule has 0 radical (unpaired) electrons. The average molecular weight is 391 g/mol. The third-order valence-electron chi connectivity index (χ3n) is 5.76. The largest absolute Gasteiger partial charge is 0.463 e. The van der Waals surface area contributed by atoms with Crippen LogP contribution in [0, 0.1) is 5.92 Å². The maximum Gasteiger partial charge on any atom is 0.327 e. The zero-order valence-corrected chi connectivity index (χ0v) is 17.2. The summed E-state index contributed by atoms with van der Waals surface area (Å²) in [5.74, 6) is 1.08. The van der Waals surface area contributed by atoms with E-state index in [2.05, 4.69) is 33.7 Å². The van der Waals surface area contributed by atoms with Gasteiger partial charge in [-0.1, -0.05) is 33.1 Å². The SMILES string of the molecule is CCCCOc1nc(N)c2[nH]c(=O)n(CCCCC3CCN(CC)CC3)c2n1. The lowest BCUT2D eigenvalue weighted by Gasteiger charge is -2.31. The van der Waals surface area contributed by atoms with E-state index in [9.17, 15) is 4.79 Å². The number of imidazole rings is 1. The molecule has 0 atom stereocenters. The fourth-order valence-corrected chi connectivity index (χ4v) is 3.90. The Bertz CT molecular complexity index is 807. The van der Waals surface area contributed by atoms with Crippen LogP contribution in [0.2, 0.25) is 0 Å². The minimum atomic E-state index is -0.182. The Morgan fingerprint density at radius 1 is 1.18 bits per heavy atom. The first-order valence-electron chi connectivity index (χ1n) is 10.7. The molecule has 8 heteroatoms. The van der Waals surface area contributed by atoms with Crippen LogP contribution in [0.25, 0.3) is 11.2 Å². The number of likely N-dealkylation sites (tertiary alicyclic amines) is 1. The van der Waals surface area contributed by atoms with Crippen molar-refractivity contribution in [1.29, 1.82) is 0 Å². The van der Waals surface area contributed by atoms with E-state index in [0.717, 1.165) is 38.1 Å². The molecule has 1 saturated heterocycles. The zero-order valence-electron chi connectivity index (χ0n) is 17.2. The highest BCUT2D eigenvalue weighted by Crippen LogP contribution is 2.23. The summed E-state index contributed by atoms with van der Waals surface area (Å²) in [6.45, 7) is 9.12. The lowest BCUT2D eigenvalue weighted by atomic mass is 9.91. The van der Waals surface area contributed by atoms with Crippen LogP contribution >= 0.6 is 0 Å². The van der Waals surface area contributed by atoms with Gasteiger partial charge in [-0.3, -0.25) is 4.57 Å². The quantitative estimate of drug-likeness (QED) is 0.605. The Balaban J connectivity index is 1.58. The Labute approximate surface area is 166 Å². The van der Waals surface area contributed by atoms with E-state index in [-0.39, 0.29) is 17.5 Å². The van der Waals surface area contributed by atoms with Crippen molar-refractivity contribution in [2.24, 2.45) is 5.92 Å². The van der Waals surface area contributed by atoms with Gasteiger partial charge < -0.3 is 20.4 Å². The number of H-pyrrole nitrogens is 1. The molecule has 3 N–H and O–H groups in total. The van der Waals surface area contributed by atoms with Crippen molar-refractivity contribution in [2.45, 2.75) is 65.3 Å². The molecule has 1 aliphatic rings. The molecule has 3 rings (SSSR count). The van der Waals surface area contributed by atoms with Crippen molar-refractivity contribution in [1.82, 2.24) is 24.4 Å². The normalized spacial score (nSPS) is 16.1. The second-order valence-electron chi connectivity index (χ2n) is 7.75. The number of aryl methyl sites for hydroxylation is 1. The molecule has 0 aliphatic carbocycles. The summed E-state index contributed by atoms with van der Waals surface area (Å²) in [6, 6.07) is 0.244. The van der Waals surface area contributed by atoms with E-state index in [1.165, 1.54) is 32.4 Å². The molecule has 2 aromatic rings. The number of nitrogens with zero attached hydrogens (tertiary/aromatic N) is 4. The van der Waals surface area contributed by atoms with Crippen LogP contribution in [0.5, 0.6) is 6.01 Å². The van der Waals surface area contributed by atoms with E-state index in [0.29, 0.717) is 24.3 Å². The van der Waals surface area contributed by atoms with Crippen molar-refractivity contribution in [3.8, 4) is 6.01 Å². The number of nitrogens with two attached hydrogens (primary N) is 1. The molecule has 3 heterocycles. The Hall–Kier alpha value is -2.09. The van der Waals surface area contributed by atoms with Gasteiger partial charge >= 0.3 is 11.7 Å². The summed E-state index contributed by atoms with van der Waals surface area (Å²) in [6.07, 6.45) is 7.86. The number of aromatic amines is 1. The molecule has 0 unspecified atom stereocenters. The van der Waals surface area contributed by atoms with Gasteiger partial charge in [0.05, 0.1) is 6.61 Å². The van der Waals surface area contributed by atoms with Crippen LogP contribution in [0.4, 0.5) is 5.82 Å². The number of piperidine rings is 1. The summed E-state index contributed by atoms with van der Waals surface area (Å²) < 4.78 is 7.25. The number of hydrogen-bond acceptors (Lipinski definition) is 6. The van der Waals surface area contributed by atoms with Gasteiger partial charge in [-0.05, 0) is 51.2 Å². The fraction of sp³-hybridized carbons (Fsp3) is 0.750. The lowest BCUT2D eigenvalue weighted by molar-refractivity contribution is 0.184. The number of ether oxygens (including phenoxy) is 1. The van der Waals surface area contributed by atoms with Crippen LogP contribution in [0.3, 0.4) is 0 Å². The predicted octanol–water partition coefficient (Wildman–Crippen LogP) is 2.78. The highest BCUT2D eigenvalue weighted by atomic mass is 16.5. The fourth-order valence-electron chi connectivity index (χ4n) is 3.90. The molecule has 156 valence electrons. The Kier molecular flexibility index (Phi) is 7.30. The molecular weight excluding hydrogens is 356 g/mol. The third-order valence-corrected chi connectivity index (χ3v) is 5.76. The number of aromatic nitrogens is 4. The van der Waals surface area contributed by atoms with Crippen molar-refractivity contribution < 1.29 is 4.74 Å². The molecule has 0 bridgehead atoms. The molecule has 1 fully saturated rings. The van der Waals surface area contributed by atoms with E-state index >= 15 is 0 Å². The predicted molar refractivity (Wildman–Crippen MR) is 112 cm³/mol. The standard InChI is InChI=1S/C20H34N6O2/c1-3-5-14-28-19-23-17(21)16-18(24-19)26(20(27)22-16)11-7-6-8-15-9-12-25(4-2)13-10-15/h15H,3-14H2,1-2H3,(H,22,27)(H2,21,23,24). The maximum atomic E-state index is 12.4. The first-order valence-corrected chi connectivity index (χ1v) is 10.7. The summed E-state index contributed by atoms with van der Waals surface area (Å²) >= 11 is 0. The highest BCUT2D eigenvalue weighted by molar-refractivity contribution is 5.81. The van der Waals surface area contributed by atoms with Crippen LogP contribution in [0.1, 0.15) is 58.8 Å². The smallest absolute Gasteiger partial charge is 0.327 e. The number of nitrogen functional groups attached to an aromatic ring is 1. The van der Waals surface area contributed by atoms with E-state index in [1.807, 2.05) is 0 Å². The van der Waals surface area contributed by atoms with Gasteiger partial charge in [-0.2, -0.15) is 9.97 Å². The number of nitrogens with one attached hydrogen (secondary N) is 1. The minimum Gasteiger partial charge on any atom is -0.463 e. The number of rotatable bonds is 10. The van der Waals surface area contributed by atoms with Crippen LogP contribution in [0.15, 0.2) is 4.79 Å². The van der Waals surface area contributed by atoms with Crippen molar-refractivity contribution >= 4 is 17.0 Å². The average Bonchev–Trinajstić information content (AvgIpc) is 3.02. The van der Waals surface area contributed by atoms with Gasteiger partial charge in [0.2, 0.25) is 0 Å². The Morgan fingerprint density at radius 3 is 2.68 bits per heavy atom. The van der Waals surface area contributed by atoms with Gasteiger partial charge in [0.15, 0.2) is 11.5 Å². The molecule has 0 saturated carbocycles. The molecule has 1 aliphatic heterocycles. The highest BCUT2D eigenvalue weighted by Gasteiger charge is 2.18. The molecule has 2 aromatic heterocycles. The number of fused-ring (bicyclic) bond motifs is 1. The number of anilines is 1. The number of hydrogen-bond donors (Lipinski definition) is 2. The summed E-state index contributed by atoms with van der Waals surface area (Å²) in [7, 11) is 0. The van der Waals surface area contributed by atoms with E-state index < -0.39 is 0 Å². The summed E-state index contributed by atoms with van der Waals surface area (Å²) in [5.41, 5.74) is 6.86. The first kappa shape index (κ1) is 20.6. The van der Waals surface area contributed by atoms with Crippen molar-refractivity contribution in [3.05, 3.63) is 10.5 Å². The Morgan fingerprint density at radius 2 is 1.96 bits per heavy atom. The molecule has 0 amide bonds. The molecule has 28 heavy (non-hydrogen) atoms. The molecule has 0 spiro atoms. The van der Waals surface area contributed by atoms with E-state index in [4.69, 9.17) is 10.5 Å². The van der Waals surface area contributed by atoms with Gasteiger partial charge in [0.1, 0.15) is 5.52 Å². The second kappa shape index (κ2) is 9.91. The van der Waals surface area contributed by atoms with Gasteiger partial charge in [-0.25, -0.2) is 4.79 Å². The molecule has 8 nitrogen and oxygen atoms in total. The van der Waals surface area contributed by atoms with Crippen molar-refractivity contribution in [2.75, 3.05) is 32.0 Å². The topological polar surface area (TPSA) is 102 Å². The first-order chi connectivity index (χ1) is 13.6. The summed E-state index contributed by atoms with van der Waals surface area (Å²) in [4.78, 5) is 26.3. The second-order valence-corrected chi connectivity index (χ2v) is 7.75. The van der Waals surface area contributed by atoms with E-state index in [1.54, 1.807) is 4.57 Å². The lowest BCUT2D eigenvalue weighted by Crippen LogP contribution is -2.33. The summed E-state index contributed by atoms with van der Waals surface area (Å²) in [5, 5.41) is 0. The molecule has 0 aromatic carbocycles. The monoisotopic (exact) mass is 390 g/mol. The van der Waals surface area contributed by atoms with Gasteiger partial charge in [-0.15, -0.1) is 0 Å². The molecular formula is C20H34N6O2. The minimum absolute atomic E-state index is 0.182. The zero-order chi connectivity index (χ0) is 19.9. The van der Waals surface area contributed by atoms with Crippen LogP contribution < -0.4 is 16.2 Å². The van der Waals surface area contributed by atoms with Gasteiger partial charge in [0.25, 0.3) is 0 Å². The van der Waals surface area contributed by atoms with Crippen LogP contribution in [-0.4, -0.2) is 50.7 Å². The third kappa shape index (κ3) is 5.04. The number of unbranched alkanes of at least 4 members (excludes halogenated alkanes) is 2. The van der Waals surface area contributed by atoms with Crippen LogP contribution in [-0.2, 0) is 6.54 Å². The van der Waals surface area contributed by atoms with Gasteiger partial charge in [0, 0.05) is 6.54 Å². The maximum absolute atomic E-state index is 12.4.